The standard InChI is InChI=1S/C21H22N4O4S/c26-12-16-17(27)18(28)21(29-16)25-19-15(11-24-25)20(23-13-22-19)30-10-6-2-5-9-14-7-3-1-4-8-14/h1-9,11,13,16-18,21,26-28H,10,12H2/b6-2+,9-5+. The van der Waals surface area contributed by atoms with Gasteiger partial charge in [-0.05, 0) is 5.56 Å². The van der Waals surface area contributed by atoms with E-state index in [4.69, 9.17) is 4.74 Å². The van der Waals surface area contributed by atoms with Crippen molar-refractivity contribution >= 4 is 28.9 Å². The molecule has 0 spiro atoms. The molecule has 1 fully saturated rings. The van der Waals surface area contributed by atoms with E-state index in [1.165, 1.54) is 11.0 Å². The second-order valence-corrected chi connectivity index (χ2v) is 7.75. The lowest BCUT2D eigenvalue weighted by molar-refractivity contribution is -0.0566. The van der Waals surface area contributed by atoms with Crippen LogP contribution in [0.2, 0.25) is 0 Å². The summed E-state index contributed by atoms with van der Waals surface area (Å²) < 4.78 is 6.97. The predicted molar refractivity (Wildman–Crippen MR) is 114 cm³/mol. The van der Waals surface area contributed by atoms with Crippen molar-refractivity contribution in [3.05, 3.63) is 66.6 Å². The van der Waals surface area contributed by atoms with Crippen LogP contribution < -0.4 is 0 Å². The molecule has 0 saturated carbocycles. The Bertz CT molecular complexity index is 1040. The Morgan fingerprint density at radius 3 is 2.70 bits per heavy atom. The predicted octanol–water partition coefficient (Wildman–Crippen LogP) is 1.80. The molecule has 156 valence electrons. The van der Waals surface area contributed by atoms with Gasteiger partial charge < -0.3 is 20.1 Å². The number of aromatic nitrogens is 4. The molecular weight excluding hydrogens is 404 g/mol. The van der Waals surface area contributed by atoms with Gasteiger partial charge in [0.15, 0.2) is 11.9 Å². The number of ether oxygens (including phenoxy) is 1. The van der Waals surface area contributed by atoms with Crippen LogP contribution in [-0.2, 0) is 4.74 Å². The van der Waals surface area contributed by atoms with E-state index in [1.54, 1.807) is 18.0 Å². The highest BCUT2D eigenvalue weighted by Gasteiger charge is 2.44. The zero-order valence-electron chi connectivity index (χ0n) is 16.0. The summed E-state index contributed by atoms with van der Waals surface area (Å²) in [6, 6.07) is 10.1. The van der Waals surface area contributed by atoms with Crippen molar-refractivity contribution in [3.8, 4) is 0 Å². The molecule has 1 aliphatic heterocycles. The quantitative estimate of drug-likeness (QED) is 0.298. The zero-order valence-corrected chi connectivity index (χ0v) is 16.8. The lowest BCUT2D eigenvalue weighted by Crippen LogP contribution is -2.33. The number of benzene rings is 1. The first kappa shape index (κ1) is 20.7. The molecule has 3 heterocycles. The Hall–Kier alpha value is -2.56. The Kier molecular flexibility index (Phi) is 6.56. The number of rotatable bonds is 7. The molecule has 1 aliphatic rings. The Morgan fingerprint density at radius 1 is 1.10 bits per heavy atom. The van der Waals surface area contributed by atoms with E-state index >= 15 is 0 Å². The summed E-state index contributed by atoms with van der Waals surface area (Å²) in [6.45, 7) is -0.394. The molecule has 0 amide bonds. The van der Waals surface area contributed by atoms with Gasteiger partial charge in [0, 0.05) is 5.75 Å². The fourth-order valence-electron chi connectivity index (χ4n) is 3.22. The van der Waals surface area contributed by atoms with E-state index in [2.05, 4.69) is 15.1 Å². The van der Waals surface area contributed by atoms with E-state index in [0.717, 1.165) is 16.0 Å². The van der Waals surface area contributed by atoms with Gasteiger partial charge in [-0.25, -0.2) is 14.6 Å². The molecule has 1 saturated heterocycles. The maximum absolute atomic E-state index is 10.3. The Morgan fingerprint density at radius 2 is 1.93 bits per heavy atom. The zero-order chi connectivity index (χ0) is 20.9. The van der Waals surface area contributed by atoms with Crippen LogP contribution in [-0.4, -0.2) is 65.7 Å². The third kappa shape index (κ3) is 4.30. The van der Waals surface area contributed by atoms with Crippen molar-refractivity contribution in [2.45, 2.75) is 29.6 Å². The van der Waals surface area contributed by atoms with Crippen molar-refractivity contribution in [1.29, 1.82) is 0 Å². The molecule has 8 nitrogen and oxygen atoms in total. The smallest absolute Gasteiger partial charge is 0.181 e. The SMILES string of the molecule is OCC1OC(n2ncc3c(SC/C=C/C=C/c4ccccc4)ncnc32)C(O)C1O. The van der Waals surface area contributed by atoms with E-state index in [1.807, 2.05) is 54.6 Å². The van der Waals surface area contributed by atoms with E-state index in [-0.39, 0.29) is 0 Å². The van der Waals surface area contributed by atoms with E-state index < -0.39 is 31.1 Å². The van der Waals surface area contributed by atoms with Crippen molar-refractivity contribution in [3.63, 3.8) is 0 Å². The van der Waals surface area contributed by atoms with Crippen LogP contribution in [0, 0.1) is 0 Å². The maximum Gasteiger partial charge on any atom is 0.181 e. The fourth-order valence-corrected chi connectivity index (χ4v) is 4.00. The molecule has 2 aromatic heterocycles. The lowest BCUT2D eigenvalue weighted by Gasteiger charge is -2.15. The van der Waals surface area contributed by atoms with Crippen molar-refractivity contribution in [2.75, 3.05) is 12.4 Å². The third-order valence-electron chi connectivity index (χ3n) is 4.76. The van der Waals surface area contributed by atoms with Gasteiger partial charge in [0.2, 0.25) is 0 Å². The average molecular weight is 426 g/mol. The highest BCUT2D eigenvalue weighted by molar-refractivity contribution is 7.99. The lowest BCUT2D eigenvalue weighted by atomic mass is 10.1. The molecule has 0 bridgehead atoms. The normalized spacial score (nSPS) is 24.5. The number of nitrogens with zero attached hydrogens (tertiary/aromatic N) is 4. The molecule has 30 heavy (non-hydrogen) atoms. The van der Waals surface area contributed by atoms with Crippen LogP contribution in [0.3, 0.4) is 0 Å². The molecule has 9 heteroatoms. The number of hydrogen-bond donors (Lipinski definition) is 3. The highest BCUT2D eigenvalue weighted by Crippen LogP contribution is 2.32. The first-order valence-electron chi connectivity index (χ1n) is 9.50. The molecule has 4 unspecified atom stereocenters. The minimum atomic E-state index is -1.21. The summed E-state index contributed by atoms with van der Waals surface area (Å²) >= 11 is 1.54. The summed E-state index contributed by atoms with van der Waals surface area (Å²) in [5, 5.41) is 35.3. The number of hydrogen-bond acceptors (Lipinski definition) is 8. The van der Waals surface area contributed by atoms with Gasteiger partial charge in [-0.2, -0.15) is 5.10 Å². The highest BCUT2D eigenvalue weighted by atomic mass is 32.2. The summed E-state index contributed by atoms with van der Waals surface area (Å²) in [7, 11) is 0. The molecule has 0 radical (unpaired) electrons. The van der Waals surface area contributed by atoms with Crippen molar-refractivity contribution in [1.82, 2.24) is 19.7 Å². The Labute approximate surface area is 177 Å². The van der Waals surface area contributed by atoms with E-state index in [9.17, 15) is 15.3 Å². The van der Waals surface area contributed by atoms with Gasteiger partial charge in [-0.1, -0.05) is 54.6 Å². The first-order valence-corrected chi connectivity index (χ1v) is 10.5. The van der Waals surface area contributed by atoms with Gasteiger partial charge in [0.05, 0.1) is 18.2 Å². The summed E-state index contributed by atoms with van der Waals surface area (Å²) in [5.74, 6) is 0.713. The number of allylic oxidation sites excluding steroid dienone is 2. The number of thioether (sulfide) groups is 1. The Balaban J connectivity index is 1.43. The minimum Gasteiger partial charge on any atom is -0.394 e. The van der Waals surface area contributed by atoms with Crippen LogP contribution >= 0.6 is 11.8 Å². The van der Waals surface area contributed by atoms with Crippen LogP contribution in [0.4, 0.5) is 0 Å². The number of aliphatic hydroxyl groups is 3. The molecule has 4 rings (SSSR count). The van der Waals surface area contributed by atoms with E-state index in [0.29, 0.717) is 11.4 Å². The third-order valence-corrected chi connectivity index (χ3v) is 5.72. The summed E-state index contributed by atoms with van der Waals surface area (Å²) in [6.07, 6.45) is 6.91. The van der Waals surface area contributed by atoms with Gasteiger partial charge in [0.1, 0.15) is 29.7 Å². The summed E-state index contributed by atoms with van der Waals surface area (Å²) in [4.78, 5) is 8.59. The summed E-state index contributed by atoms with van der Waals surface area (Å²) in [5.41, 5.74) is 1.64. The fraction of sp³-hybridized carbons (Fsp3) is 0.286. The monoisotopic (exact) mass is 426 g/mol. The van der Waals surface area contributed by atoms with Gasteiger partial charge in [0.25, 0.3) is 0 Å². The first-order chi connectivity index (χ1) is 14.7. The number of aliphatic hydroxyl groups excluding tert-OH is 3. The molecule has 1 aromatic carbocycles. The minimum absolute atomic E-state index is 0.394. The van der Waals surface area contributed by atoms with Crippen LogP contribution in [0.25, 0.3) is 17.1 Å². The second-order valence-electron chi connectivity index (χ2n) is 6.74. The molecule has 3 aromatic rings. The molecule has 3 N–H and O–H groups in total. The topological polar surface area (TPSA) is 114 Å². The van der Waals surface area contributed by atoms with Crippen molar-refractivity contribution < 1.29 is 20.1 Å². The van der Waals surface area contributed by atoms with Crippen LogP contribution in [0.5, 0.6) is 0 Å². The van der Waals surface area contributed by atoms with Gasteiger partial charge in [-0.3, -0.25) is 0 Å². The van der Waals surface area contributed by atoms with Crippen molar-refractivity contribution in [2.24, 2.45) is 0 Å². The number of fused-ring (bicyclic) bond motifs is 1. The molecular formula is C21H22N4O4S. The second kappa shape index (κ2) is 9.50. The largest absolute Gasteiger partial charge is 0.394 e. The average Bonchev–Trinajstić information content (AvgIpc) is 3.33. The van der Waals surface area contributed by atoms with Crippen LogP contribution in [0.1, 0.15) is 11.8 Å². The van der Waals surface area contributed by atoms with Crippen LogP contribution in [0.15, 0.2) is 66.1 Å². The van der Waals surface area contributed by atoms with Gasteiger partial charge >= 0.3 is 0 Å². The molecule has 4 atom stereocenters. The maximum atomic E-state index is 10.3. The van der Waals surface area contributed by atoms with Gasteiger partial charge in [-0.15, -0.1) is 11.8 Å². The molecule has 0 aliphatic carbocycles.